The Morgan fingerprint density at radius 1 is 1.18 bits per heavy atom. The van der Waals surface area contributed by atoms with Gasteiger partial charge in [-0.05, 0) is 62.2 Å². The molecule has 0 radical (unpaired) electrons. The number of hydrogen-bond donors (Lipinski definition) is 0. The molecule has 0 atom stereocenters. The second-order valence-electron chi connectivity index (χ2n) is 6.87. The number of rotatable bonds is 8. The van der Waals surface area contributed by atoms with Crippen molar-refractivity contribution < 1.29 is 9.53 Å². The number of halogens is 1. The van der Waals surface area contributed by atoms with Crippen molar-refractivity contribution in [2.45, 2.75) is 20.8 Å². The zero-order chi connectivity index (χ0) is 20.8. The third-order valence-electron chi connectivity index (χ3n) is 4.67. The topological polar surface area (TPSA) is 45.1 Å². The Labute approximate surface area is 172 Å². The quantitative estimate of drug-likeness (QED) is 0.358. The Kier molecular flexibility index (Phi) is 7.46. The van der Waals surface area contributed by atoms with Gasteiger partial charge >= 0.3 is 0 Å². The van der Waals surface area contributed by atoms with Gasteiger partial charge in [-0.15, -0.1) is 0 Å². The van der Waals surface area contributed by atoms with E-state index in [1.165, 1.54) is 0 Å². The summed E-state index contributed by atoms with van der Waals surface area (Å²) in [6.45, 7) is 7.08. The monoisotopic (exact) mass is 401 g/mol. The van der Waals surface area contributed by atoms with Crippen molar-refractivity contribution in [3.05, 3.63) is 52.0 Å². The summed E-state index contributed by atoms with van der Waals surface area (Å²) in [6.07, 6.45) is 1.81. The van der Waals surface area contributed by atoms with Crippen molar-refractivity contribution in [2.24, 2.45) is 4.99 Å². The number of Topliss-reactive ketones (excluding diaryl/α,β-unsaturated/α-hetero) is 1. The Hall–Kier alpha value is -2.53. The van der Waals surface area contributed by atoms with E-state index in [9.17, 15) is 4.79 Å². The molecule has 0 amide bonds. The molecule has 2 aromatic carbocycles. The lowest BCUT2D eigenvalue weighted by atomic mass is 10.00. The molecular weight excluding hydrogens is 374 g/mol. The van der Waals surface area contributed by atoms with Crippen molar-refractivity contribution in [3.8, 4) is 5.75 Å². The summed E-state index contributed by atoms with van der Waals surface area (Å²) in [4.78, 5) is 21.3. The van der Waals surface area contributed by atoms with Crippen LogP contribution >= 0.6 is 11.6 Å². The van der Waals surface area contributed by atoms with Gasteiger partial charge in [-0.1, -0.05) is 11.6 Å². The van der Waals surface area contributed by atoms with Crippen LogP contribution in [0.25, 0.3) is 0 Å². The minimum absolute atomic E-state index is 0.0336. The van der Waals surface area contributed by atoms with Crippen LogP contribution in [-0.4, -0.2) is 51.3 Å². The second kappa shape index (κ2) is 9.60. The van der Waals surface area contributed by atoms with Gasteiger partial charge in [0.25, 0.3) is 0 Å². The van der Waals surface area contributed by atoms with Gasteiger partial charge in [0, 0.05) is 31.2 Å². The molecule has 2 rings (SSSR count). The van der Waals surface area contributed by atoms with Crippen LogP contribution in [0.15, 0.2) is 35.3 Å². The molecule has 0 aliphatic rings. The van der Waals surface area contributed by atoms with E-state index in [4.69, 9.17) is 16.3 Å². The maximum absolute atomic E-state index is 12.9. The van der Waals surface area contributed by atoms with Crippen molar-refractivity contribution in [2.75, 3.05) is 39.2 Å². The lowest BCUT2D eigenvalue weighted by molar-refractivity contribution is 0.0999. The number of ketones is 1. The fourth-order valence-corrected chi connectivity index (χ4v) is 3.00. The zero-order valence-electron chi connectivity index (χ0n) is 17.4. The van der Waals surface area contributed by atoms with E-state index in [-0.39, 0.29) is 12.3 Å². The third-order valence-corrected chi connectivity index (χ3v) is 4.90. The van der Waals surface area contributed by atoms with Gasteiger partial charge in [-0.2, -0.15) is 0 Å². The van der Waals surface area contributed by atoms with Crippen molar-refractivity contribution in [3.63, 3.8) is 0 Å². The number of carbonyl (C=O) groups excluding carboxylic acids is 1. The normalized spacial score (nSPS) is 11.0. The highest BCUT2D eigenvalue weighted by molar-refractivity contribution is 6.31. The zero-order valence-corrected chi connectivity index (χ0v) is 18.2. The van der Waals surface area contributed by atoms with Crippen LogP contribution in [0.5, 0.6) is 5.75 Å². The first-order chi connectivity index (χ1) is 13.3. The maximum Gasteiger partial charge on any atom is 0.182 e. The number of anilines is 1. The smallest absolute Gasteiger partial charge is 0.182 e. The highest BCUT2D eigenvalue weighted by Gasteiger charge is 2.16. The van der Waals surface area contributed by atoms with Crippen LogP contribution in [0.4, 0.5) is 11.4 Å². The second-order valence-corrected chi connectivity index (χ2v) is 7.30. The van der Waals surface area contributed by atoms with E-state index in [0.717, 1.165) is 29.0 Å². The molecule has 0 unspecified atom stereocenters. The lowest BCUT2D eigenvalue weighted by Gasteiger charge is -2.22. The summed E-state index contributed by atoms with van der Waals surface area (Å²) in [7, 11) is 5.43. The molecule has 0 saturated carbocycles. The molecule has 0 bridgehead atoms. The van der Waals surface area contributed by atoms with Crippen molar-refractivity contribution in [1.82, 2.24) is 4.90 Å². The van der Waals surface area contributed by atoms with Crippen LogP contribution in [0.2, 0.25) is 5.02 Å². The first-order valence-corrected chi connectivity index (χ1v) is 9.58. The van der Waals surface area contributed by atoms with Gasteiger partial charge in [-0.25, -0.2) is 4.99 Å². The number of methoxy groups -OCH3 is 1. The fraction of sp³-hybridized carbons (Fsp3) is 0.364. The number of nitrogens with zero attached hydrogens (tertiary/aromatic N) is 3. The average molecular weight is 402 g/mol. The summed E-state index contributed by atoms with van der Waals surface area (Å²) in [5.41, 5.74) is 4.24. The van der Waals surface area contributed by atoms with E-state index in [0.29, 0.717) is 16.3 Å². The van der Waals surface area contributed by atoms with E-state index in [1.54, 1.807) is 25.3 Å². The SMILES string of the molecule is CCN(C)/C=N\c1cc(C)c(C(=O)CN(C)c2cc(Cl)ccc2OC)cc1C. The molecule has 28 heavy (non-hydrogen) atoms. The number of benzene rings is 2. The first kappa shape index (κ1) is 21.8. The van der Waals surface area contributed by atoms with E-state index >= 15 is 0 Å². The largest absolute Gasteiger partial charge is 0.495 e. The Balaban J connectivity index is 2.24. The van der Waals surface area contributed by atoms with E-state index in [1.807, 2.05) is 56.2 Å². The van der Waals surface area contributed by atoms with Gasteiger partial charge < -0.3 is 14.5 Å². The molecule has 0 aliphatic carbocycles. The van der Waals surface area contributed by atoms with Crippen molar-refractivity contribution in [1.29, 1.82) is 0 Å². The molecule has 5 nitrogen and oxygen atoms in total. The number of hydrogen-bond acceptors (Lipinski definition) is 4. The minimum atomic E-state index is 0.0336. The van der Waals surface area contributed by atoms with Gasteiger partial charge in [0.2, 0.25) is 0 Å². The van der Waals surface area contributed by atoms with Crippen LogP contribution < -0.4 is 9.64 Å². The van der Waals surface area contributed by atoms with E-state index < -0.39 is 0 Å². The van der Waals surface area contributed by atoms with Crippen molar-refractivity contribution >= 4 is 35.1 Å². The molecule has 0 spiro atoms. The molecule has 0 fully saturated rings. The molecule has 6 heteroatoms. The first-order valence-electron chi connectivity index (χ1n) is 9.20. The number of likely N-dealkylation sites (N-methyl/N-ethyl adjacent to an activating group) is 1. The predicted molar refractivity (Wildman–Crippen MR) is 118 cm³/mol. The number of aliphatic imine (C=N–C) groups is 1. The molecule has 0 saturated heterocycles. The summed E-state index contributed by atoms with van der Waals surface area (Å²) in [5.74, 6) is 0.712. The summed E-state index contributed by atoms with van der Waals surface area (Å²) in [5, 5.41) is 0.599. The molecular formula is C22H28ClN3O2. The standard InChI is InChI=1S/C22H28ClN3O2/c1-7-25(4)14-24-19-11-15(2)18(10-16(19)3)21(27)13-26(5)20-12-17(23)8-9-22(20)28-6/h8-12,14H,7,13H2,1-6H3/b24-14-. The summed E-state index contributed by atoms with van der Waals surface area (Å²) >= 11 is 6.11. The molecule has 0 heterocycles. The third kappa shape index (κ3) is 5.26. The van der Waals surface area contributed by atoms with Gasteiger partial charge in [-0.3, -0.25) is 4.79 Å². The minimum Gasteiger partial charge on any atom is -0.495 e. The number of ether oxygens (including phenoxy) is 1. The van der Waals surface area contributed by atoms with E-state index in [2.05, 4.69) is 11.9 Å². The van der Waals surface area contributed by atoms with Crippen LogP contribution in [0, 0.1) is 13.8 Å². The molecule has 0 N–H and O–H groups in total. The Morgan fingerprint density at radius 3 is 2.54 bits per heavy atom. The van der Waals surface area contributed by atoms with Gasteiger partial charge in [0.1, 0.15) is 5.75 Å². The molecule has 2 aromatic rings. The predicted octanol–water partition coefficient (Wildman–Crippen LogP) is 4.90. The van der Waals surface area contributed by atoms with Crippen LogP contribution in [-0.2, 0) is 0 Å². The Morgan fingerprint density at radius 2 is 1.89 bits per heavy atom. The maximum atomic E-state index is 12.9. The highest BCUT2D eigenvalue weighted by atomic mass is 35.5. The number of aryl methyl sites for hydroxylation is 2. The Bertz CT molecular complexity index is 880. The van der Waals surface area contributed by atoms with Crippen LogP contribution in [0.3, 0.4) is 0 Å². The van der Waals surface area contributed by atoms with Crippen LogP contribution in [0.1, 0.15) is 28.4 Å². The van der Waals surface area contributed by atoms with Gasteiger partial charge in [0.15, 0.2) is 5.78 Å². The highest BCUT2D eigenvalue weighted by Crippen LogP contribution is 2.31. The average Bonchev–Trinajstić information content (AvgIpc) is 2.67. The fourth-order valence-electron chi connectivity index (χ4n) is 2.83. The molecule has 0 aromatic heterocycles. The van der Waals surface area contributed by atoms with Gasteiger partial charge in [0.05, 0.1) is 31.4 Å². The molecule has 150 valence electrons. The molecule has 0 aliphatic heterocycles. The number of carbonyl (C=O) groups is 1. The lowest BCUT2D eigenvalue weighted by Crippen LogP contribution is -2.26. The summed E-state index contributed by atoms with van der Waals surface area (Å²) in [6, 6.07) is 9.24. The summed E-state index contributed by atoms with van der Waals surface area (Å²) < 4.78 is 5.39.